The number of piperidine rings is 1. The monoisotopic (exact) mass is 339 g/mol. The Morgan fingerprint density at radius 1 is 1.13 bits per heavy atom. The van der Waals surface area contributed by atoms with Gasteiger partial charge in [0.1, 0.15) is 0 Å². The minimum Gasteiger partial charge on any atom is -0.359 e. The van der Waals surface area contributed by atoms with E-state index in [1.54, 1.807) is 19.2 Å². The average Bonchev–Trinajstić information content (AvgIpc) is 2.54. The molecule has 0 atom stereocenters. The number of nitrogens with zero attached hydrogens (tertiary/aromatic N) is 1. The molecule has 2 rings (SSSR count). The van der Waals surface area contributed by atoms with E-state index in [2.05, 4.69) is 10.0 Å². The third-order valence-electron chi connectivity index (χ3n) is 3.95. The van der Waals surface area contributed by atoms with Gasteiger partial charge in [0.2, 0.25) is 5.91 Å². The molecule has 0 aliphatic carbocycles. The van der Waals surface area contributed by atoms with Crippen molar-refractivity contribution in [3.8, 4) is 0 Å². The molecule has 1 saturated heterocycles. The average molecular weight is 339 g/mol. The summed E-state index contributed by atoms with van der Waals surface area (Å²) in [6, 6.07) is 5.62. The Balaban J connectivity index is 1.97. The van der Waals surface area contributed by atoms with E-state index in [0.717, 1.165) is 5.56 Å². The second-order valence-electron chi connectivity index (χ2n) is 5.60. The zero-order valence-corrected chi connectivity index (χ0v) is 14.0. The third-order valence-corrected chi connectivity index (χ3v) is 5.29. The van der Waals surface area contributed by atoms with Gasteiger partial charge in [-0.1, -0.05) is 17.7 Å². The molecule has 0 bridgehead atoms. The van der Waals surface area contributed by atoms with Crippen LogP contribution in [0.4, 0.5) is 4.79 Å². The molecule has 0 unspecified atom stereocenters. The van der Waals surface area contributed by atoms with Gasteiger partial charge in [0.05, 0.1) is 4.90 Å². The molecule has 1 aromatic rings. The second-order valence-corrected chi connectivity index (χ2v) is 7.28. The molecule has 23 heavy (non-hydrogen) atoms. The fourth-order valence-corrected chi connectivity index (χ4v) is 3.48. The number of sulfonamides is 1. The molecule has 0 aromatic heterocycles. The number of hydrogen-bond acceptors (Lipinski definition) is 4. The minimum absolute atomic E-state index is 0.0441. The lowest BCUT2D eigenvalue weighted by molar-refractivity contribution is -0.125. The van der Waals surface area contributed by atoms with Crippen LogP contribution < -0.4 is 10.0 Å². The summed E-state index contributed by atoms with van der Waals surface area (Å²) < 4.78 is 26.5. The summed E-state index contributed by atoms with van der Waals surface area (Å²) in [6.07, 6.45) is 1.05. The summed E-state index contributed by atoms with van der Waals surface area (Å²) in [5.74, 6) is -0.171. The molecule has 3 amide bonds. The maximum Gasteiger partial charge on any atom is 0.331 e. The fourth-order valence-electron chi connectivity index (χ4n) is 2.50. The predicted octanol–water partition coefficient (Wildman–Crippen LogP) is 0.851. The zero-order valence-electron chi connectivity index (χ0n) is 13.2. The largest absolute Gasteiger partial charge is 0.359 e. The Kier molecular flexibility index (Phi) is 5.25. The summed E-state index contributed by atoms with van der Waals surface area (Å²) in [5, 5.41) is 2.59. The Bertz CT molecular complexity index is 677. The van der Waals surface area contributed by atoms with Crippen molar-refractivity contribution < 1.29 is 18.0 Å². The molecule has 8 heteroatoms. The van der Waals surface area contributed by atoms with Gasteiger partial charge in [-0.3, -0.25) is 4.79 Å². The Morgan fingerprint density at radius 3 is 2.22 bits per heavy atom. The van der Waals surface area contributed by atoms with E-state index in [-0.39, 0.29) is 16.7 Å². The van der Waals surface area contributed by atoms with Crippen LogP contribution >= 0.6 is 0 Å². The highest BCUT2D eigenvalue weighted by Crippen LogP contribution is 2.18. The van der Waals surface area contributed by atoms with Crippen LogP contribution in [0.3, 0.4) is 0 Å². The summed E-state index contributed by atoms with van der Waals surface area (Å²) >= 11 is 0. The van der Waals surface area contributed by atoms with Gasteiger partial charge in [0.15, 0.2) is 0 Å². The van der Waals surface area contributed by atoms with Crippen LogP contribution in [0.15, 0.2) is 29.2 Å². The van der Waals surface area contributed by atoms with E-state index in [9.17, 15) is 18.0 Å². The number of carbonyl (C=O) groups excluding carboxylic acids is 2. The first-order valence-electron chi connectivity index (χ1n) is 7.43. The Labute approximate surface area is 136 Å². The number of likely N-dealkylation sites (tertiary alicyclic amines) is 1. The number of rotatable bonds is 3. The first-order chi connectivity index (χ1) is 10.8. The number of amides is 3. The van der Waals surface area contributed by atoms with Crippen LogP contribution in [0.1, 0.15) is 18.4 Å². The van der Waals surface area contributed by atoms with Gasteiger partial charge < -0.3 is 10.2 Å². The molecule has 0 spiro atoms. The van der Waals surface area contributed by atoms with Crippen LogP contribution in [0, 0.1) is 12.8 Å². The van der Waals surface area contributed by atoms with E-state index < -0.39 is 16.1 Å². The first-order valence-corrected chi connectivity index (χ1v) is 8.92. The summed E-state index contributed by atoms with van der Waals surface area (Å²) in [7, 11) is -2.30. The highest BCUT2D eigenvalue weighted by atomic mass is 32.2. The summed E-state index contributed by atoms with van der Waals surface area (Å²) in [5.41, 5.74) is 0.937. The maximum absolute atomic E-state index is 12.2. The van der Waals surface area contributed by atoms with Gasteiger partial charge in [-0.05, 0) is 31.9 Å². The molecule has 126 valence electrons. The predicted molar refractivity (Wildman–Crippen MR) is 85.3 cm³/mol. The topological polar surface area (TPSA) is 95.6 Å². The number of nitrogens with one attached hydrogen (secondary N) is 2. The van der Waals surface area contributed by atoms with Gasteiger partial charge in [-0.2, -0.15) is 0 Å². The smallest absolute Gasteiger partial charge is 0.331 e. The molecule has 1 aliphatic heterocycles. The van der Waals surface area contributed by atoms with Crippen molar-refractivity contribution in [1.29, 1.82) is 0 Å². The van der Waals surface area contributed by atoms with E-state index in [1.165, 1.54) is 17.0 Å². The normalized spacial score (nSPS) is 16.0. The number of carbonyl (C=O) groups is 2. The quantitative estimate of drug-likeness (QED) is 0.853. The SMILES string of the molecule is CNC(=O)C1CCN(C(=O)NS(=O)(=O)c2ccc(C)cc2)CC1. The molecule has 1 aromatic carbocycles. The van der Waals surface area contributed by atoms with Crippen LogP contribution in [-0.2, 0) is 14.8 Å². The standard InChI is InChI=1S/C15H21N3O4S/c1-11-3-5-13(6-4-11)23(21,22)17-15(20)18-9-7-12(8-10-18)14(19)16-2/h3-6,12H,7-10H2,1-2H3,(H,16,19)(H,17,20). The highest BCUT2D eigenvalue weighted by molar-refractivity contribution is 7.90. The lowest BCUT2D eigenvalue weighted by Crippen LogP contribution is -2.48. The Hall–Kier alpha value is -2.09. The molecule has 1 fully saturated rings. The van der Waals surface area contributed by atoms with Crippen molar-refractivity contribution in [3.05, 3.63) is 29.8 Å². The van der Waals surface area contributed by atoms with Crippen molar-refractivity contribution >= 4 is 22.0 Å². The maximum atomic E-state index is 12.2. The minimum atomic E-state index is -3.88. The molecular weight excluding hydrogens is 318 g/mol. The van der Waals surface area contributed by atoms with Crippen LogP contribution in [-0.4, -0.2) is 45.4 Å². The second kappa shape index (κ2) is 6.99. The van der Waals surface area contributed by atoms with E-state index in [1.807, 2.05) is 6.92 Å². The molecule has 1 aliphatic rings. The van der Waals surface area contributed by atoms with Gasteiger partial charge in [-0.25, -0.2) is 17.9 Å². The lowest BCUT2D eigenvalue weighted by atomic mass is 9.96. The third kappa shape index (κ3) is 4.22. The number of urea groups is 1. The highest BCUT2D eigenvalue weighted by Gasteiger charge is 2.28. The van der Waals surface area contributed by atoms with Crippen LogP contribution in [0.2, 0.25) is 0 Å². The first kappa shape index (κ1) is 17.3. The number of benzene rings is 1. The van der Waals surface area contributed by atoms with Crippen LogP contribution in [0.25, 0.3) is 0 Å². The van der Waals surface area contributed by atoms with Crippen molar-refractivity contribution in [2.75, 3.05) is 20.1 Å². The fraction of sp³-hybridized carbons (Fsp3) is 0.467. The van der Waals surface area contributed by atoms with Crippen molar-refractivity contribution in [2.45, 2.75) is 24.7 Å². The molecule has 2 N–H and O–H groups in total. The summed E-state index contributed by atoms with van der Waals surface area (Å²) in [6.45, 7) is 2.56. The number of hydrogen-bond donors (Lipinski definition) is 2. The van der Waals surface area contributed by atoms with Gasteiger partial charge in [-0.15, -0.1) is 0 Å². The molecule has 0 saturated carbocycles. The van der Waals surface area contributed by atoms with Gasteiger partial charge in [0, 0.05) is 26.1 Å². The van der Waals surface area contributed by atoms with E-state index >= 15 is 0 Å². The molecular formula is C15H21N3O4S. The molecule has 7 nitrogen and oxygen atoms in total. The van der Waals surface area contributed by atoms with Crippen molar-refractivity contribution in [2.24, 2.45) is 5.92 Å². The van der Waals surface area contributed by atoms with Crippen molar-refractivity contribution in [1.82, 2.24) is 14.9 Å². The van der Waals surface area contributed by atoms with Gasteiger partial charge in [0.25, 0.3) is 10.0 Å². The molecule has 1 heterocycles. The zero-order chi connectivity index (χ0) is 17.0. The van der Waals surface area contributed by atoms with Gasteiger partial charge >= 0.3 is 6.03 Å². The number of aryl methyl sites for hydroxylation is 1. The van der Waals surface area contributed by atoms with Crippen LogP contribution in [0.5, 0.6) is 0 Å². The van der Waals surface area contributed by atoms with E-state index in [0.29, 0.717) is 25.9 Å². The van der Waals surface area contributed by atoms with Crippen molar-refractivity contribution in [3.63, 3.8) is 0 Å². The van der Waals surface area contributed by atoms with E-state index in [4.69, 9.17) is 0 Å². The summed E-state index contributed by atoms with van der Waals surface area (Å²) in [4.78, 5) is 25.2. The lowest BCUT2D eigenvalue weighted by Gasteiger charge is -2.30. The Morgan fingerprint density at radius 2 is 1.70 bits per heavy atom. The molecule has 0 radical (unpaired) electrons.